The Kier molecular flexibility index (Phi) is 15.3. The number of anilines is 6. The summed E-state index contributed by atoms with van der Waals surface area (Å²) in [7, 11) is 0. The molecule has 0 radical (unpaired) electrons. The van der Waals surface area contributed by atoms with Gasteiger partial charge >= 0.3 is 0 Å². The van der Waals surface area contributed by atoms with Crippen molar-refractivity contribution in [2.24, 2.45) is 0 Å². The summed E-state index contributed by atoms with van der Waals surface area (Å²) in [6, 6.07) is 81.9. The first kappa shape index (κ1) is 46.1. The smallest absolute Gasteiger partial charge is 0.0462 e. The van der Waals surface area contributed by atoms with E-state index in [1.165, 1.54) is 22.3 Å². The zero-order valence-electron chi connectivity index (χ0n) is 39.8. The van der Waals surface area contributed by atoms with E-state index in [1.807, 2.05) is 12.1 Å². The quantitative estimate of drug-likeness (QED) is 0.0704. The molecule has 0 saturated carbocycles. The number of benzene rings is 9. The highest BCUT2D eigenvalue weighted by Crippen LogP contribution is 2.37. The molecule has 9 aromatic carbocycles. The van der Waals surface area contributed by atoms with Gasteiger partial charge in [0.05, 0.1) is 0 Å². The summed E-state index contributed by atoms with van der Waals surface area (Å²) in [4.78, 5) is 4.62. The first-order chi connectivity index (χ1) is 34.5. The second kappa shape index (κ2) is 23.2. The van der Waals surface area contributed by atoms with Crippen LogP contribution in [-0.4, -0.2) is 0 Å². The predicted molar refractivity (Wildman–Crippen MR) is 305 cm³/mol. The summed E-state index contributed by atoms with van der Waals surface area (Å²) in [6.45, 7) is 4.25. The standard InChI is InChI=1S/C68H56N2/c1-53-21-41-63(42-22-53)69(65-45-33-57(34-46-65)19-11-9-17-55-13-5-3-6-14-55)67-49-37-61(38-50-67)31-29-59-25-27-60(28-26-59)30-32-62-39-51-68(52-40-62)70(64-43-23-54(2)24-44-64)66-47-35-58(36-48-66)20-12-10-18-56-15-7-4-8-16-56/h3-52H,1-2H3. The number of nitrogens with zero attached hydrogens (tertiary/aromatic N) is 2. The van der Waals surface area contributed by atoms with Crippen LogP contribution in [0.5, 0.6) is 0 Å². The average Bonchev–Trinajstić information content (AvgIpc) is 3.41. The average molecular weight is 901 g/mol. The van der Waals surface area contributed by atoms with Crippen LogP contribution in [0.2, 0.25) is 0 Å². The molecule has 0 aliphatic carbocycles. The maximum atomic E-state index is 2.31. The van der Waals surface area contributed by atoms with E-state index in [2.05, 4.69) is 315 Å². The molecule has 0 atom stereocenters. The zero-order valence-corrected chi connectivity index (χ0v) is 39.8. The molecule has 2 heteroatoms. The highest BCUT2D eigenvalue weighted by atomic mass is 15.1. The van der Waals surface area contributed by atoms with Gasteiger partial charge in [0.25, 0.3) is 0 Å². The molecule has 0 aliphatic heterocycles. The third-order valence-corrected chi connectivity index (χ3v) is 12.0. The number of rotatable bonds is 16. The molecule has 2 nitrogen and oxygen atoms in total. The van der Waals surface area contributed by atoms with Gasteiger partial charge in [-0.15, -0.1) is 0 Å². The van der Waals surface area contributed by atoms with Crippen LogP contribution in [0.1, 0.15) is 55.6 Å². The lowest BCUT2D eigenvalue weighted by atomic mass is 10.1. The van der Waals surface area contributed by atoms with Gasteiger partial charge in [-0.3, -0.25) is 0 Å². The maximum Gasteiger partial charge on any atom is 0.0462 e. The Labute approximate surface area is 414 Å². The van der Waals surface area contributed by atoms with Gasteiger partial charge in [-0.1, -0.05) is 242 Å². The van der Waals surface area contributed by atoms with Crippen LogP contribution in [0.25, 0.3) is 48.6 Å². The Morgan fingerprint density at radius 2 is 0.386 bits per heavy atom. The van der Waals surface area contributed by atoms with Crippen LogP contribution in [-0.2, 0) is 0 Å². The summed E-state index contributed by atoms with van der Waals surface area (Å²) in [5, 5.41) is 0. The van der Waals surface area contributed by atoms with Crippen molar-refractivity contribution in [3.8, 4) is 0 Å². The van der Waals surface area contributed by atoms with Crippen molar-refractivity contribution < 1.29 is 0 Å². The Bertz CT molecular complexity index is 3000. The second-order valence-corrected chi connectivity index (χ2v) is 17.3. The first-order valence-corrected chi connectivity index (χ1v) is 23.9. The molecule has 338 valence electrons. The fourth-order valence-corrected chi connectivity index (χ4v) is 8.12. The highest BCUT2D eigenvalue weighted by molar-refractivity contribution is 5.81. The lowest BCUT2D eigenvalue weighted by molar-refractivity contribution is 1.27. The Hall–Kier alpha value is -8.98. The monoisotopic (exact) mass is 900 g/mol. The lowest BCUT2D eigenvalue weighted by Crippen LogP contribution is -2.09. The van der Waals surface area contributed by atoms with Crippen molar-refractivity contribution in [1.29, 1.82) is 0 Å². The van der Waals surface area contributed by atoms with E-state index >= 15 is 0 Å². The SMILES string of the molecule is Cc1ccc(N(c2ccc(C=CC=Cc3ccccc3)cc2)c2ccc(C=Cc3ccc(C=Cc4ccc(N(c5ccc(C)cc5)c5ccc(C=CC=Cc6ccccc6)cc5)cc4)cc3)cc2)cc1. The predicted octanol–water partition coefficient (Wildman–Crippen LogP) is 19.0. The molecule has 0 bridgehead atoms. The van der Waals surface area contributed by atoms with Crippen LogP contribution < -0.4 is 9.80 Å². The van der Waals surface area contributed by atoms with E-state index in [9.17, 15) is 0 Å². The first-order valence-electron chi connectivity index (χ1n) is 23.9. The van der Waals surface area contributed by atoms with E-state index < -0.39 is 0 Å². The van der Waals surface area contributed by atoms with Crippen molar-refractivity contribution >= 4 is 82.7 Å². The van der Waals surface area contributed by atoms with E-state index in [1.54, 1.807) is 0 Å². The number of aryl methyl sites for hydroxylation is 2. The maximum absolute atomic E-state index is 2.31. The molecule has 0 aliphatic rings. The van der Waals surface area contributed by atoms with Gasteiger partial charge in [0, 0.05) is 34.1 Å². The molecule has 0 amide bonds. The number of hydrogen-bond donors (Lipinski definition) is 0. The Balaban J connectivity index is 0.835. The van der Waals surface area contributed by atoms with E-state index in [-0.39, 0.29) is 0 Å². The lowest BCUT2D eigenvalue weighted by Gasteiger charge is -2.26. The largest absolute Gasteiger partial charge is 0.311 e. The molecular formula is C68H56N2. The molecule has 70 heavy (non-hydrogen) atoms. The van der Waals surface area contributed by atoms with E-state index in [4.69, 9.17) is 0 Å². The molecule has 0 unspecified atom stereocenters. The molecule has 9 aromatic rings. The van der Waals surface area contributed by atoms with Gasteiger partial charge in [-0.2, -0.15) is 0 Å². The van der Waals surface area contributed by atoms with Crippen LogP contribution in [0.15, 0.2) is 255 Å². The minimum atomic E-state index is 1.10. The van der Waals surface area contributed by atoms with Crippen LogP contribution in [0.3, 0.4) is 0 Å². The minimum absolute atomic E-state index is 1.10. The molecule has 0 aromatic heterocycles. The third kappa shape index (κ3) is 12.7. The Morgan fingerprint density at radius 1 is 0.200 bits per heavy atom. The summed E-state index contributed by atoms with van der Waals surface area (Å²) in [5.41, 5.74) is 18.4. The van der Waals surface area contributed by atoms with Gasteiger partial charge in [0.1, 0.15) is 0 Å². The van der Waals surface area contributed by atoms with Gasteiger partial charge in [0.2, 0.25) is 0 Å². The van der Waals surface area contributed by atoms with Crippen molar-refractivity contribution in [1.82, 2.24) is 0 Å². The topological polar surface area (TPSA) is 6.48 Å². The summed E-state index contributed by atoms with van der Waals surface area (Å²) in [6.07, 6.45) is 25.6. The molecule has 0 saturated heterocycles. The molecule has 0 spiro atoms. The fourth-order valence-electron chi connectivity index (χ4n) is 8.12. The van der Waals surface area contributed by atoms with E-state index in [0.29, 0.717) is 0 Å². The molecular weight excluding hydrogens is 845 g/mol. The van der Waals surface area contributed by atoms with Crippen LogP contribution >= 0.6 is 0 Å². The van der Waals surface area contributed by atoms with Gasteiger partial charge in [0.15, 0.2) is 0 Å². The van der Waals surface area contributed by atoms with E-state index in [0.717, 1.165) is 67.5 Å². The van der Waals surface area contributed by atoms with Crippen LogP contribution in [0, 0.1) is 13.8 Å². The number of hydrogen-bond acceptors (Lipinski definition) is 2. The summed E-state index contributed by atoms with van der Waals surface area (Å²) < 4.78 is 0. The molecule has 0 heterocycles. The Morgan fingerprint density at radius 3 is 0.629 bits per heavy atom. The molecule has 0 fully saturated rings. The number of allylic oxidation sites excluding steroid dienone is 4. The van der Waals surface area contributed by atoms with Crippen molar-refractivity contribution in [3.63, 3.8) is 0 Å². The van der Waals surface area contributed by atoms with Crippen molar-refractivity contribution in [2.45, 2.75) is 13.8 Å². The summed E-state index contributed by atoms with van der Waals surface area (Å²) >= 11 is 0. The van der Waals surface area contributed by atoms with Crippen molar-refractivity contribution in [2.75, 3.05) is 9.80 Å². The second-order valence-electron chi connectivity index (χ2n) is 17.3. The fraction of sp³-hybridized carbons (Fsp3) is 0.0294. The molecule has 9 rings (SSSR count). The van der Waals surface area contributed by atoms with Gasteiger partial charge < -0.3 is 9.80 Å². The van der Waals surface area contributed by atoms with Crippen LogP contribution in [0.4, 0.5) is 34.1 Å². The minimum Gasteiger partial charge on any atom is -0.311 e. The van der Waals surface area contributed by atoms with Gasteiger partial charge in [-0.25, -0.2) is 0 Å². The van der Waals surface area contributed by atoms with Crippen molar-refractivity contribution in [3.05, 3.63) is 310 Å². The normalized spacial score (nSPS) is 11.8. The van der Waals surface area contributed by atoms with Gasteiger partial charge in [-0.05, 0) is 131 Å². The third-order valence-electron chi connectivity index (χ3n) is 12.0. The highest BCUT2D eigenvalue weighted by Gasteiger charge is 2.14. The molecule has 0 N–H and O–H groups in total. The summed E-state index contributed by atoms with van der Waals surface area (Å²) in [5.74, 6) is 0. The zero-order chi connectivity index (χ0) is 47.7.